The summed E-state index contributed by atoms with van der Waals surface area (Å²) in [6, 6.07) is 52.8. The molecule has 0 aliphatic heterocycles. The lowest BCUT2D eigenvalue weighted by atomic mass is 9.99. The molecule has 0 spiro atoms. The molecular formula is C39H25N3S. The molecule has 202 valence electrons. The highest BCUT2D eigenvalue weighted by atomic mass is 32.1. The summed E-state index contributed by atoms with van der Waals surface area (Å²) in [6.07, 6.45) is 0. The Kier molecular flexibility index (Phi) is 6.32. The van der Waals surface area contributed by atoms with E-state index in [1.54, 1.807) is 11.3 Å². The molecule has 0 fully saturated rings. The Morgan fingerprint density at radius 2 is 0.767 bits per heavy atom. The van der Waals surface area contributed by atoms with Gasteiger partial charge in [-0.1, -0.05) is 133 Å². The summed E-state index contributed by atoms with van der Waals surface area (Å²) >= 11 is 1.80. The lowest BCUT2D eigenvalue weighted by molar-refractivity contribution is 1.07. The van der Waals surface area contributed by atoms with E-state index in [9.17, 15) is 0 Å². The first-order chi connectivity index (χ1) is 21.3. The van der Waals surface area contributed by atoms with Crippen LogP contribution in [0.3, 0.4) is 0 Å². The van der Waals surface area contributed by atoms with Gasteiger partial charge in [-0.25, -0.2) is 15.0 Å². The van der Waals surface area contributed by atoms with Gasteiger partial charge < -0.3 is 0 Å². The fourth-order valence-corrected chi connectivity index (χ4v) is 6.68. The molecule has 0 radical (unpaired) electrons. The SMILES string of the molecule is c1ccc(-c2ccc(-c3cccc(-c4nc(-c5ccccc5)nc(-c5ccc6c(c5)sc5ccccc56)n4)c3)cc2)cc1. The molecule has 8 rings (SSSR count). The zero-order valence-electron chi connectivity index (χ0n) is 23.2. The molecule has 2 heterocycles. The van der Waals surface area contributed by atoms with Crippen LogP contribution < -0.4 is 0 Å². The smallest absolute Gasteiger partial charge is 0.164 e. The number of benzene rings is 6. The predicted molar refractivity (Wildman–Crippen MR) is 180 cm³/mol. The highest BCUT2D eigenvalue weighted by molar-refractivity contribution is 7.25. The third kappa shape index (κ3) is 4.88. The van der Waals surface area contributed by atoms with Gasteiger partial charge in [0.2, 0.25) is 0 Å². The van der Waals surface area contributed by atoms with Crippen molar-refractivity contribution in [3.05, 3.63) is 152 Å². The molecule has 0 aliphatic rings. The van der Waals surface area contributed by atoms with Crippen LogP contribution in [0.2, 0.25) is 0 Å². The van der Waals surface area contributed by atoms with E-state index in [-0.39, 0.29) is 0 Å². The van der Waals surface area contributed by atoms with Gasteiger partial charge in [-0.15, -0.1) is 11.3 Å². The summed E-state index contributed by atoms with van der Waals surface area (Å²) in [5, 5.41) is 2.54. The monoisotopic (exact) mass is 567 g/mol. The van der Waals surface area contributed by atoms with E-state index >= 15 is 0 Å². The van der Waals surface area contributed by atoms with E-state index in [0.29, 0.717) is 17.5 Å². The van der Waals surface area contributed by atoms with Crippen molar-refractivity contribution in [3.8, 4) is 56.4 Å². The molecule has 0 N–H and O–H groups in total. The fraction of sp³-hybridized carbons (Fsp3) is 0. The Morgan fingerprint density at radius 1 is 0.302 bits per heavy atom. The van der Waals surface area contributed by atoms with Gasteiger partial charge >= 0.3 is 0 Å². The Balaban J connectivity index is 1.22. The van der Waals surface area contributed by atoms with Crippen LogP contribution in [-0.4, -0.2) is 15.0 Å². The minimum atomic E-state index is 0.656. The van der Waals surface area contributed by atoms with Crippen LogP contribution in [0.25, 0.3) is 76.6 Å². The second kappa shape index (κ2) is 10.8. The summed E-state index contributed by atoms with van der Waals surface area (Å²) in [4.78, 5) is 15.0. The number of hydrogen-bond acceptors (Lipinski definition) is 4. The average Bonchev–Trinajstić information content (AvgIpc) is 3.47. The van der Waals surface area contributed by atoms with Gasteiger partial charge in [0.15, 0.2) is 17.5 Å². The van der Waals surface area contributed by atoms with Crippen LogP contribution in [0, 0.1) is 0 Å². The van der Waals surface area contributed by atoms with E-state index in [4.69, 9.17) is 15.0 Å². The Hall–Kier alpha value is -5.45. The van der Waals surface area contributed by atoms with Gasteiger partial charge in [0.25, 0.3) is 0 Å². The summed E-state index contributed by atoms with van der Waals surface area (Å²) in [5.74, 6) is 1.98. The molecule has 0 amide bonds. The van der Waals surface area contributed by atoms with E-state index in [2.05, 4.69) is 115 Å². The van der Waals surface area contributed by atoms with Crippen molar-refractivity contribution in [1.29, 1.82) is 0 Å². The molecule has 0 saturated carbocycles. The Bertz CT molecular complexity index is 2220. The first kappa shape index (κ1) is 25.3. The van der Waals surface area contributed by atoms with Gasteiger partial charge in [-0.2, -0.15) is 0 Å². The van der Waals surface area contributed by atoms with Crippen molar-refractivity contribution in [2.45, 2.75) is 0 Å². The second-order valence-electron chi connectivity index (χ2n) is 10.5. The molecule has 2 aromatic heterocycles. The zero-order chi connectivity index (χ0) is 28.6. The van der Waals surface area contributed by atoms with Crippen molar-refractivity contribution in [1.82, 2.24) is 15.0 Å². The van der Waals surface area contributed by atoms with Crippen LogP contribution in [0.4, 0.5) is 0 Å². The first-order valence-corrected chi connectivity index (χ1v) is 15.1. The van der Waals surface area contributed by atoms with Gasteiger partial charge in [0.1, 0.15) is 0 Å². The second-order valence-corrected chi connectivity index (χ2v) is 11.6. The molecule has 0 atom stereocenters. The molecule has 0 aliphatic carbocycles. The standard InChI is InChI=1S/C39H25N3S/c1-3-10-26(11-4-1)27-18-20-28(21-19-27)30-14-9-15-31(24-30)38-40-37(29-12-5-2-6-13-29)41-39(42-38)32-22-23-34-33-16-7-8-17-35(33)43-36(34)25-32/h1-25H. The Morgan fingerprint density at radius 3 is 1.49 bits per heavy atom. The maximum Gasteiger partial charge on any atom is 0.164 e. The highest BCUT2D eigenvalue weighted by Gasteiger charge is 2.14. The van der Waals surface area contributed by atoms with Crippen molar-refractivity contribution in [3.63, 3.8) is 0 Å². The highest BCUT2D eigenvalue weighted by Crippen LogP contribution is 2.36. The van der Waals surface area contributed by atoms with Crippen LogP contribution in [0.1, 0.15) is 0 Å². The molecule has 8 aromatic rings. The van der Waals surface area contributed by atoms with Crippen LogP contribution in [-0.2, 0) is 0 Å². The predicted octanol–water partition coefficient (Wildman–Crippen LogP) is 10.6. The van der Waals surface area contributed by atoms with E-state index in [0.717, 1.165) is 27.8 Å². The van der Waals surface area contributed by atoms with Crippen LogP contribution in [0.15, 0.2) is 152 Å². The molecular weight excluding hydrogens is 543 g/mol. The van der Waals surface area contributed by atoms with E-state index in [1.807, 2.05) is 36.4 Å². The van der Waals surface area contributed by atoms with E-state index < -0.39 is 0 Å². The number of aromatic nitrogens is 3. The van der Waals surface area contributed by atoms with Crippen LogP contribution in [0.5, 0.6) is 0 Å². The van der Waals surface area contributed by atoms with Crippen LogP contribution >= 0.6 is 11.3 Å². The lowest BCUT2D eigenvalue weighted by Crippen LogP contribution is -2.00. The van der Waals surface area contributed by atoms with Gasteiger partial charge in [-0.05, 0) is 40.5 Å². The lowest BCUT2D eigenvalue weighted by Gasteiger charge is -2.10. The number of thiophene rings is 1. The normalized spacial score (nSPS) is 11.3. The quantitative estimate of drug-likeness (QED) is 0.208. The maximum absolute atomic E-state index is 5.03. The fourth-order valence-electron chi connectivity index (χ4n) is 5.54. The van der Waals surface area contributed by atoms with Crippen molar-refractivity contribution >= 4 is 31.5 Å². The van der Waals surface area contributed by atoms with Crippen molar-refractivity contribution in [2.24, 2.45) is 0 Å². The minimum absolute atomic E-state index is 0.656. The largest absolute Gasteiger partial charge is 0.208 e. The number of fused-ring (bicyclic) bond motifs is 3. The van der Waals surface area contributed by atoms with Gasteiger partial charge in [0.05, 0.1) is 0 Å². The number of nitrogens with zero attached hydrogens (tertiary/aromatic N) is 3. The third-order valence-corrected chi connectivity index (χ3v) is 8.88. The van der Waals surface area contributed by atoms with Gasteiger partial charge in [0, 0.05) is 36.9 Å². The summed E-state index contributed by atoms with van der Waals surface area (Å²) in [7, 11) is 0. The molecule has 0 unspecified atom stereocenters. The molecule has 0 saturated heterocycles. The maximum atomic E-state index is 5.03. The molecule has 0 bridgehead atoms. The zero-order valence-corrected chi connectivity index (χ0v) is 24.0. The summed E-state index contributed by atoms with van der Waals surface area (Å²) in [5.41, 5.74) is 7.57. The summed E-state index contributed by atoms with van der Waals surface area (Å²) < 4.78 is 2.51. The first-order valence-electron chi connectivity index (χ1n) is 14.3. The Labute approximate surface area is 253 Å². The van der Waals surface area contributed by atoms with Crippen molar-refractivity contribution in [2.75, 3.05) is 0 Å². The van der Waals surface area contributed by atoms with E-state index in [1.165, 1.54) is 31.3 Å². The molecule has 3 nitrogen and oxygen atoms in total. The number of hydrogen-bond donors (Lipinski definition) is 0. The van der Waals surface area contributed by atoms with Crippen molar-refractivity contribution < 1.29 is 0 Å². The molecule has 4 heteroatoms. The topological polar surface area (TPSA) is 38.7 Å². The number of rotatable bonds is 5. The minimum Gasteiger partial charge on any atom is -0.208 e. The summed E-state index contributed by atoms with van der Waals surface area (Å²) in [6.45, 7) is 0. The third-order valence-electron chi connectivity index (χ3n) is 7.75. The molecule has 6 aromatic carbocycles. The van der Waals surface area contributed by atoms with Gasteiger partial charge in [-0.3, -0.25) is 0 Å². The molecule has 43 heavy (non-hydrogen) atoms. The average molecular weight is 568 g/mol.